The van der Waals surface area contributed by atoms with Crippen molar-refractivity contribution in [2.45, 2.75) is 25.8 Å². The van der Waals surface area contributed by atoms with Crippen LogP contribution in [0.2, 0.25) is 0 Å². The molecule has 5 nitrogen and oxygen atoms in total. The highest BCUT2D eigenvalue weighted by atomic mass is 16.2. The van der Waals surface area contributed by atoms with E-state index in [-0.39, 0.29) is 17.9 Å². The van der Waals surface area contributed by atoms with E-state index in [4.69, 9.17) is 5.73 Å². The Morgan fingerprint density at radius 1 is 1.39 bits per heavy atom. The zero-order valence-electron chi connectivity index (χ0n) is 10.6. The number of benzene rings is 1. The number of likely N-dealkylation sites (tertiary alicyclic amines) is 1. The van der Waals surface area contributed by atoms with Gasteiger partial charge in [0, 0.05) is 13.5 Å². The van der Waals surface area contributed by atoms with Gasteiger partial charge in [-0.2, -0.15) is 0 Å². The van der Waals surface area contributed by atoms with Crippen LogP contribution in [-0.4, -0.2) is 29.8 Å². The van der Waals surface area contributed by atoms with Crippen molar-refractivity contribution >= 4 is 23.2 Å². The molecule has 1 aromatic rings. The largest absolute Gasteiger partial charge is 0.397 e. The molecule has 2 amide bonds. The van der Waals surface area contributed by atoms with Gasteiger partial charge in [-0.1, -0.05) is 6.07 Å². The Morgan fingerprint density at radius 3 is 2.83 bits per heavy atom. The normalized spacial score (nSPS) is 20.1. The molecule has 96 valence electrons. The summed E-state index contributed by atoms with van der Waals surface area (Å²) in [5, 5.41) is 3.12. The Morgan fingerprint density at radius 2 is 2.11 bits per heavy atom. The highest BCUT2D eigenvalue weighted by Gasteiger charge is 2.31. The average Bonchev–Trinajstić information content (AvgIpc) is 2.34. The first-order chi connectivity index (χ1) is 8.49. The summed E-state index contributed by atoms with van der Waals surface area (Å²) in [6, 6.07) is 5.24. The Hall–Kier alpha value is -2.04. The number of likely N-dealkylation sites (N-methyl/N-ethyl adjacent to an activating group) is 1. The summed E-state index contributed by atoms with van der Waals surface area (Å²) in [6.07, 6.45) is 0.890. The number of nitrogens with two attached hydrogens (primary N) is 1. The van der Waals surface area contributed by atoms with Crippen molar-refractivity contribution in [3.63, 3.8) is 0 Å². The van der Waals surface area contributed by atoms with Crippen molar-refractivity contribution in [1.29, 1.82) is 0 Å². The predicted octanol–water partition coefficient (Wildman–Crippen LogP) is 1.14. The fourth-order valence-corrected chi connectivity index (χ4v) is 2.03. The average molecular weight is 247 g/mol. The van der Waals surface area contributed by atoms with Crippen LogP contribution in [0.15, 0.2) is 18.2 Å². The molecule has 3 N–H and O–H groups in total. The van der Waals surface area contributed by atoms with Gasteiger partial charge in [0.2, 0.25) is 5.91 Å². The van der Waals surface area contributed by atoms with Crippen LogP contribution >= 0.6 is 0 Å². The van der Waals surface area contributed by atoms with Gasteiger partial charge < -0.3 is 11.1 Å². The number of piperidine rings is 1. The summed E-state index contributed by atoms with van der Waals surface area (Å²) in [6.45, 7) is 1.96. The number of hydrogen-bond acceptors (Lipinski definition) is 4. The first-order valence-corrected chi connectivity index (χ1v) is 5.92. The number of amides is 2. The van der Waals surface area contributed by atoms with Crippen LogP contribution in [0.3, 0.4) is 0 Å². The van der Waals surface area contributed by atoms with Crippen molar-refractivity contribution < 1.29 is 9.59 Å². The number of imide groups is 1. The lowest BCUT2D eigenvalue weighted by Gasteiger charge is -2.29. The zero-order chi connectivity index (χ0) is 13.3. The van der Waals surface area contributed by atoms with Gasteiger partial charge in [0.05, 0.1) is 11.4 Å². The second kappa shape index (κ2) is 4.68. The number of nitrogens with zero attached hydrogens (tertiary/aromatic N) is 1. The van der Waals surface area contributed by atoms with E-state index in [0.717, 1.165) is 11.3 Å². The highest BCUT2D eigenvalue weighted by molar-refractivity contribution is 6.01. The topological polar surface area (TPSA) is 75.4 Å². The number of nitrogens with one attached hydrogen (secondary N) is 1. The van der Waals surface area contributed by atoms with Crippen LogP contribution in [-0.2, 0) is 9.59 Å². The Bertz CT molecular complexity index is 499. The van der Waals surface area contributed by atoms with Crippen molar-refractivity contribution in [2.75, 3.05) is 18.1 Å². The van der Waals surface area contributed by atoms with E-state index >= 15 is 0 Å². The Kier molecular flexibility index (Phi) is 3.23. The minimum absolute atomic E-state index is 0.129. The van der Waals surface area contributed by atoms with Gasteiger partial charge in [0.15, 0.2) is 0 Å². The molecule has 1 atom stereocenters. The molecule has 1 heterocycles. The molecule has 0 radical (unpaired) electrons. The number of carbonyl (C=O) groups is 2. The van der Waals surface area contributed by atoms with Gasteiger partial charge in [-0.3, -0.25) is 14.5 Å². The van der Waals surface area contributed by atoms with Crippen molar-refractivity contribution in [3.05, 3.63) is 23.8 Å². The van der Waals surface area contributed by atoms with Crippen molar-refractivity contribution in [1.82, 2.24) is 4.90 Å². The summed E-state index contributed by atoms with van der Waals surface area (Å²) in [5.41, 5.74) is 8.28. The molecular weight excluding hydrogens is 230 g/mol. The summed E-state index contributed by atoms with van der Waals surface area (Å²) < 4.78 is 0. The molecule has 0 saturated carbocycles. The minimum atomic E-state index is -0.378. The van der Waals surface area contributed by atoms with Crippen LogP contribution < -0.4 is 11.1 Å². The third-order valence-electron chi connectivity index (χ3n) is 3.19. The molecule has 0 aromatic heterocycles. The number of aryl methyl sites for hydroxylation is 1. The number of hydrogen-bond donors (Lipinski definition) is 2. The maximum atomic E-state index is 11.9. The van der Waals surface area contributed by atoms with Crippen LogP contribution in [0, 0.1) is 6.92 Å². The fraction of sp³-hybridized carbons (Fsp3) is 0.385. The number of nitrogen functional groups attached to an aromatic ring is 1. The molecule has 1 aliphatic rings. The van der Waals surface area contributed by atoms with E-state index in [1.807, 2.05) is 19.1 Å². The maximum absolute atomic E-state index is 11.9. The SMILES string of the molecule is Cc1ccc(N)c(NC2CCC(=O)N(C)C2=O)c1. The standard InChI is InChI=1S/C13H17N3O2/c1-8-3-4-9(14)11(7-8)15-10-5-6-12(17)16(2)13(10)18/h3-4,7,10,15H,5-6,14H2,1-2H3. The third-order valence-corrected chi connectivity index (χ3v) is 3.19. The second-order valence-electron chi connectivity index (χ2n) is 4.62. The lowest BCUT2D eigenvalue weighted by atomic mass is 10.0. The summed E-state index contributed by atoms with van der Waals surface area (Å²) in [4.78, 5) is 24.5. The zero-order valence-corrected chi connectivity index (χ0v) is 10.6. The summed E-state index contributed by atoms with van der Waals surface area (Å²) >= 11 is 0. The van der Waals surface area contributed by atoms with Gasteiger partial charge in [-0.25, -0.2) is 0 Å². The lowest BCUT2D eigenvalue weighted by molar-refractivity contribution is -0.146. The van der Waals surface area contributed by atoms with E-state index in [1.165, 1.54) is 11.9 Å². The molecule has 0 spiro atoms. The van der Waals surface area contributed by atoms with Gasteiger partial charge in [-0.15, -0.1) is 0 Å². The molecule has 18 heavy (non-hydrogen) atoms. The van der Waals surface area contributed by atoms with E-state index in [9.17, 15) is 9.59 Å². The quantitative estimate of drug-likeness (QED) is 0.607. The molecule has 1 aliphatic heterocycles. The lowest BCUT2D eigenvalue weighted by Crippen LogP contribution is -2.48. The third kappa shape index (κ3) is 2.30. The highest BCUT2D eigenvalue weighted by Crippen LogP contribution is 2.23. The van der Waals surface area contributed by atoms with Gasteiger partial charge >= 0.3 is 0 Å². The Balaban J connectivity index is 2.16. The molecule has 5 heteroatoms. The molecule has 2 rings (SSSR count). The van der Waals surface area contributed by atoms with E-state index in [2.05, 4.69) is 5.32 Å². The first kappa shape index (κ1) is 12.4. The second-order valence-corrected chi connectivity index (χ2v) is 4.62. The summed E-state index contributed by atoms with van der Waals surface area (Å²) in [7, 11) is 1.51. The number of carbonyl (C=O) groups excluding carboxylic acids is 2. The van der Waals surface area contributed by atoms with E-state index < -0.39 is 0 Å². The summed E-state index contributed by atoms with van der Waals surface area (Å²) in [5.74, 6) is -0.331. The molecular formula is C13H17N3O2. The number of anilines is 2. The molecule has 1 saturated heterocycles. The molecule has 1 fully saturated rings. The predicted molar refractivity (Wildman–Crippen MR) is 70.0 cm³/mol. The van der Waals surface area contributed by atoms with E-state index in [1.54, 1.807) is 6.07 Å². The monoisotopic (exact) mass is 247 g/mol. The van der Waals surface area contributed by atoms with Gasteiger partial charge in [0.25, 0.3) is 5.91 Å². The van der Waals surface area contributed by atoms with Gasteiger partial charge in [-0.05, 0) is 31.0 Å². The maximum Gasteiger partial charge on any atom is 0.251 e. The van der Waals surface area contributed by atoms with Crippen molar-refractivity contribution in [3.8, 4) is 0 Å². The molecule has 1 unspecified atom stereocenters. The number of rotatable bonds is 2. The van der Waals surface area contributed by atoms with Crippen LogP contribution in [0.5, 0.6) is 0 Å². The minimum Gasteiger partial charge on any atom is -0.397 e. The Labute approximate surface area is 106 Å². The molecule has 1 aromatic carbocycles. The van der Waals surface area contributed by atoms with Crippen LogP contribution in [0.1, 0.15) is 18.4 Å². The van der Waals surface area contributed by atoms with Gasteiger partial charge in [0.1, 0.15) is 6.04 Å². The van der Waals surface area contributed by atoms with Crippen molar-refractivity contribution in [2.24, 2.45) is 0 Å². The first-order valence-electron chi connectivity index (χ1n) is 5.92. The smallest absolute Gasteiger partial charge is 0.251 e. The van der Waals surface area contributed by atoms with E-state index in [0.29, 0.717) is 18.5 Å². The molecule has 0 bridgehead atoms. The molecule has 0 aliphatic carbocycles. The van der Waals surface area contributed by atoms with Crippen LogP contribution in [0.4, 0.5) is 11.4 Å². The van der Waals surface area contributed by atoms with Crippen LogP contribution in [0.25, 0.3) is 0 Å². The fourth-order valence-electron chi connectivity index (χ4n) is 2.03.